The van der Waals surface area contributed by atoms with Gasteiger partial charge in [0.15, 0.2) is 6.61 Å². The number of carbonyl (C=O) groups excluding carboxylic acids is 4. The fourth-order valence-corrected chi connectivity index (χ4v) is 2.42. The molecule has 1 saturated heterocycles. The second kappa shape index (κ2) is 5.85. The lowest BCUT2D eigenvalue weighted by atomic mass is 9.85. The normalized spacial score (nSPS) is 24.6. The van der Waals surface area contributed by atoms with Gasteiger partial charge < -0.3 is 10.1 Å². The number of rotatable bonds is 4. The van der Waals surface area contributed by atoms with E-state index in [0.29, 0.717) is 12.8 Å². The number of amides is 3. The second-order valence-corrected chi connectivity index (χ2v) is 4.75. The number of likely N-dealkylation sites (tertiary alicyclic amines) is 1. The van der Waals surface area contributed by atoms with E-state index in [9.17, 15) is 19.2 Å². The van der Waals surface area contributed by atoms with Crippen LogP contribution in [0.25, 0.3) is 0 Å². The van der Waals surface area contributed by atoms with E-state index in [1.807, 2.05) is 12.2 Å². The zero-order chi connectivity index (χ0) is 14.7. The molecule has 0 aromatic heterocycles. The number of imide groups is 1. The van der Waals surface area contributed by atoms with Crippen molar-refractivity contribution in [3.8, 4) is 0 Å². The van der Waals surface area contributed by atoms with Crippen LogP contribution in [0.3, 0.4) is 0 Å². The van der Waals surface area contributed by atoms with Crippen molar-refractivity contribution in [1.82, 2.24) is 10.2 Å². The van der Waals surface area contributed by atoms with Crippen molar-refractivity contribution in [2.45, 2.75) is 12.8 Å². The van der Waals surface area contributed by atoms with Gasteiger partial charge in [0, 0.05) is 7.05 Å². The number of nitrogens with one attached hydrogen (secondary N) is 1. The average molecular weight is 280 g/mol. The van der Waals surface area contributed by atoms with Crippen LogP contribution in [0.2, 0.25) is 0 Å². The lowest BCUT2D eigenvalue weighted by Gasteiger charge is -2.14. The van der Waals surface area contributed by atoms with Crippen LogP contribution in [0.4, 0.5) is 0 Å². The summed E-state index contributed by atoms with van der Waals surface area (Å²) < 4.78 is 4.69. The molecule has 0 saturated carbocycles. The molecule has 1 N–H and O–H groups in total. The number of nitrogens with zero attached hydrogens (tertiary/aromatic N) is 1. The summed E-state index contributed by atoms with van der Waals surface area (Å²) in [6.45, 7) is -0.846. The van der Waals surface area contributed by atoms with Crippen LogP contribution in [0.1, 0.15) is 12.8 Å². The van der Waals surface area contributed by atoms with Crippen LogP contribution in [0.5, 0.6) is 0 Å². The molecule has 20 heavy (non-hydrogen) atoms. The fraction of sp³-hybridized carbons (Fsp3) is 0.538. The molecule has 0 unspecified atom stereocenters. The minimum Gasteiger partial charge on any atom is -0.454 e. The first-order chi connectivity index (χ1) is 9.54. The van der Waals surface area contributed by atoms with Crippen molar-refractivity contribution in [3.05, 3.63) is 12.2 Å². The Balaban J connectivity index is 1.93. The van der Waals surface area contributed by atoms with E-state index >= 15 is 0 Å². The van der Waals surface area contributed by atoms with Crippen molar-refractivity contribution in [1.29, 1.82) is 0 Å². The molecular weight excluding hydrogens is 264 g/mol. The average Bonchev–Trinajstić information content (AvgIpc) is 2.70. The van der Waals surface area contributed by atoms with E-state index in [1.54, 1.807) is 0 Å². The predicted octanol–water partition coefficient (Wildman–Crippen LogP) is -0.773. The highest BCUT2D eigenvalue weighted by molar-refractivity contribution is 6.07. The van der Waals surface area contributed by atoms with Crippen LogP contribution in [0, 0.1) is 11.8 Å². The molecule has 3 amide bonds. The Morgan fingerprint density at radius 1 is 1.25 bits per heavy atom. The van der Waals surface area contributed by atoms with Gasteiger partial charge in [-0.15, -0.1) is 0 Å². The molecule has 1 heterocycles. The zero-order valence-electron chi connectivity index (χ0n) is 11.1. The maximum atomic E-state index is 12.1. The Morgan fingerprint density at radius 3 is 2.30 bits per heavy atom. The highest BCUT2D eigenvalue weighted by atomic mass is 16.5. The highest BCUT2D eigenvalue weighted by Crippen LogP contribution is 2.34. The molecule has 0 aromatic rings. The van der Waals surface area contributed by atoms with Gasteiger partial charge in [-0.2, -0.15) is 0 Å². The number of likely N-dealkylation sites (N-methyl/N-ethyl adjacent to an activating group) is 1. The standard InChI is InChI=1S/C13H16N2O5/c1-14-10(16)7-20-11(17)6-15-12(18)8-4-2-3-5-9(8)13(15)19/h2-3,8-9H,4-7H2,1H3,(H,14,16)/t8-,9+. The first kappa shape index (κ1) is 14.2. The van der Waals surface area contributed by atoms with Crippen LogP contribution in [-0.4, -0.2) is 48.8 Å². The third-order valence-corrected chi connectivity index (χ3v) is 3.53. The predicted molar refractivity (Wildman–Crippen MR) is 67.1 cm³/mol. The maximum absolute atomic E-state index is 12.1. The van der Waals surface area contributed by atoms with Gasteiger partial charge in [-0.3, -0.25) is 24.1 Å². The summed E-state index contributed by atoms with van der Waals surface area (Å²) in [5.74, 6) is -2.60. The number of allylic oxidation sites excluding steroid dienone is 2. The zero-order valence-corrected chi connectivity index (χ0v) is 11.1. The molecule has 2 atom stereocenters. The molecule has 7 nitrogen and oxygen atoms in total. The summed E-state index contributed by atoms with van der Waals surface area (Å²) in [7, 11) is 1.42. The lowest BCUT2D eigenvalue weighted by Crippen LogP contribution is -2.37. The Hall–Kier alpha value is -2.18. The number of carbonyl (C=O) groups is 4. The van der Waals surface area contributed by atoms with Crippen LogP contribution in [0.15, 0.2) is 12.2 Å². The SMILES string of the molecule is CNC(=O)COC(=O)CN1C(=O)[C@H]2CC=CC[C@H]2C1=O. The molecule has 7 heteroatoms. The van der Waals surface area contributed by atoms with Crippen molar-refractivity contribution in [2.24, 2.45) is 11.8 Å². The second-order valence-electron chi connectivity index (χ2n) is 4.75. The van der Waals surface area contributed by atoms with Gasteiger partial charge in [0.2, 0.25) is 11.8 Å². The van der Waals surface area contributed by atoms with Crippen molar-refractivity contribution >= 4 is 23.7 Å². The van der Waals surface area contributed by atoms with Crippen molar-refractivity contribution < 1.29 is 23.9 Å². The quantitative estimate of drug-likeness (QED) is 0.414. The van der Waals surface area contributed by atoms with E-state index in [-0.39, 0.29) is 23.7 Å². The van der Waals surface area contributed by atoms with Gasteiger partial charge in [0.1, 0.15) is 6.54 Å². The first-order valence-electron chi connectivity index (χ1n) is 6.41. The minimum absolute atomic E-state index is 0.332. The molecule has 1 aliphatic heterocycles. The molecule has 2 aliphatic rings. The van der Waals surface area contributed by atoms with Gasteiger partial charge in [-0.25, -0.2) is 0 Å². The van der Waals surface area contributed by atoms with E-state index in [4.69, 9.17) is 4.74 Å². The molecule has 0 aromatic carbocycles. The monoisotopic (exact) mass is 280 g/mol. The number of fused-ring (bicyclic) bond motifs is 1. The summed E-state index contributed by atoms with van der Waals surface area (Å²) in [4.78, 5) is 47.6. The third kappa shape index (κ3) is 2.71. The van der Waals surface area contributed by atoms with E-state index in [2.05, 4.69) is 5.32 Å². The lowest BCUT2D eigenvalue weighted by molar-refractivity contribution is -0.154. The summed E-state index contributed by atoms with van der Waals surface area (Å²) in [6, 6.07) is 0. The largest absolute Gasteiger partial charge is 0.454 e. The summed E-state index contributed by atoms with van der Waals surface area (Å²) in [5.41, 5.74) is 0. The molecule has 0 spiro atoms. The molecule has 0 bridgehead atoms. The minimum atomic E-state index is -0.762. The Morgan fingerprint density at radius 2 is 1.80 bits per heavy atom. The molecule has 0 radical (unpaired) electrons. The smallest absolute Gasteiger partial charge is 0.326 e. The summed E-state index contributed by atoms with van der Waals surface area (Å²) in [5, 5.41) is 2.30. The van der Waals surface area contributed by atoms with Gasteiger partial charge in [0.05, 0.1) is 11.8 Å². The molecular formula is C13H16N2O5. The highest BCUT2D eigenvalue weighted by Gasteiger charge is 2.47. The van der Waals surface area contributed by atoms with Crippen LogP contribution >= 0.6 is 0 Å². The summed E-state index contributed by atoms with van der Waals surface area (Å²) in [6.07, 6.45) is 4.80. The van der Waals surface area contributed by atoms with Crippen LogP contribution < -0.4 is 5.32 Å². The summed E-state index contributed by atoms with van der Waals surface area (Å²) >= 11 is 0. The maximum Gasteiger partial charge on any atom is 0.326 e. The van der Waals surface area contributed by atoms with E-state index in [0.717, 1.165) is 4.90 Å². The Labute approximate surface area is 115 Å². The topological polar surface area (TPSA) is 92.8 Å². The third-order valence-electron chi connectivity index (χ3n) is 3.53. The van der Waals surface area contributed by atoms with Gasteiger partial charge in [-0.05, 0) is 12.8 Å². The van der Waals surface area contributed by atoms with Gasteiger partial charge in [0.25, 0.3) is 5.91 Å². The molecule has 1 aliphatic carbocycles. The molecule has 2 rings (SSSR count). The molecule has 108 valence electrons. The van der Waals surface area contributed by atoms with E-state index in [1.165, 1.54) is 7.05 Å². The van der Waals surface area contributed by atoms with Gasteiger partial charge >= 0.3 is 5.97 Å². The first-order valence-corrected chi connectivity index (χ1v) is 6.41. The Kier molecular flexibility index (Phi) is 4.16. The fourth-order valence-electron chi connectivity index (χ4n) is 2.42. The number of ether oxygens (including phenoxy) is 1. The van der Waals surface area contributed by atoms with Gasteiger partial charge in [-0.1, -0.05) is 12.2 Å². The van der Waals surface area contributed by atoms with E-state index < -0.39 is 25.0 Å². The Bertz CT molecular complexity index is 459. The molecule has 1 fully saturated rings. The number of esters is 1. The number of hydrogen-bond donors (Lipinski definition) is 1. The van der Waals surface area contributed by atoms with Crippen molar-refractivity contribution in [3.63, 3.8) is 0 Å². The van der Waals surface area contributed by atoms with Crippen LogP contribution in [-0.2, 0) is 23.9 Å². The van der Waals surface area contributed by atoms with Crippen molar-refractivity contribution in [2.75, 3.05) is 20.2 Å². The number of hydrogen-bond acceptors (Lipinski definition) is 5.